The zero-order chi connectivity index (χ0) is 24.9. The number of nitrogens with zero attached hydrogens (tertiary/aromatic N) is 3. The molecule has 0 saturated carbocycles. The van der Waals surface area contributed by atoms with Crippen molar-refractivity contribution in [2.24, 2.45) is 0 Å². The molecule has 176 valence electrons. The highest BCUT2D eigenvalue weighted by molar-refractivity contribution is 7.90. The standard InChI is InChI=1S/C21H16ClFN4O5S2/c1-31-17-9-12(8-15(22)18(17)32-11-13-5-3-4-6-16(13)23)7-14(10-24)19(28)25-20-26-21(27-33-20)34(2,29)30/h3-9H,11H2,1-2H3,(H,25,26,27,28). The molecule has 0 saturated heterocycles. The predicted molar refractivity (Wildman–Crippen MR) is 124 cm³/mol. The van der Waals surface area contributed by atoms with E-state index < -0.39 is 26.7 Å². The number of hydrogen-bond donors (Lipinski definition) is 1. The number of ether oxygens (including phenoxy) is 2. The molecule has 0 aliphatic heterocycles. The first-order valence-electron chi connectivity index (χ1n) is 9.33. The second kappa shape index (κ2) is 10.6. The molecule has 0 atom stereocenters. The van der Waals surface area contributed by atoms with Crippen molar-refractivity contribution in [1.82, 2.24) is 9.36 Å². The lowest BCUT2D eigenvalue weighted by Crippen LogP contribution is -2.13. The third-order valence-corrected chi connectivity index (χ3v) is 6.09. The molecule has 1 amide bonds. The summed E-state index contributed by atoms with van der Waals surface area (Å²) in [6.45, 7) is -0.0961. The highest BCUT2D eigenvalue weighted by Gasteiger charge is 2.18. The maximum absolute atomic E-state index is 13.9. The van der Waals surface area contributed by atoms with Crippen LogP contribution in [-0.4, -0.2) is 37.0 Å². The van der Waals surface area contributed by atoms with Gasteiger partial charge >= 0.3 is 0 Å². The Balaban J connectivity index is 1.82. The van der Waals surface area contributed by atoms with E-state index in [4.69, 9.17) is 21.1 Å². The molecule has 0 aliphatic rings. The fraction of sp³-hybridized carbons (Fsp3) is 0.143. The molecule has 13 heteroatoms. The van der Waals surface area contributed by atoms with Crippen molar-refractivity contribution in [3.63, 3.8) is 0 Å². The van der Waals surface area contributed by atoms with Crippen LogP contribution in [-0.2, 0) is 21.2 Å². The van der Waals surface area contributed by atoms with Gasteiger partial charge in [0.2, 0.25) is 15.0 Å². The second-order valence-corrected chi connectivity index (χ2v) is 9.76. The number of aromatic nitrogens is 2. The van der Waals surface area contributed by atoms with E-state index in [2.05, 4.69) is 14.7 Å². The van der Waals surface area contributed by atoms with Crippen LogP contribution in [0.25, 0.3) is 6.08 Å². The van der Waals surface area contributed by atoms with Crippen molar-refractivity contribution < 1.29 is 27.1 Å². The van der Waals surface area contributed by atoms with Crippen LogP contribution in [0.2, 0.25) is 5.02 Å². The zero-order valence-electron chi connectivity index (χ0n) is 17.7. The number of methoxy groups -OCH3 is 1. The van der Waals surface area contributed by atoms with Gasteiger partial charge in [-0.05, 0) is 29.8 Å². The van der Waals surface area contributed by atoms with E-state index in [-0.39, 0.29) is 33.8 Å². The number of nitrogens with one attached hydrogen (secondary N) is 1. The van der Waals surface area contributed by atoms with Crippen molar-refractivity contribution in [2.45, 2.75) is 11.8 Å². The van der Waals surface area contributed by atoms with Crippen LogP contribution in [0, 0.1) is 17.1 Å². The summed E-state index contributed by atoms with van der Waals surface area (Å²) >= 11 is 6.98. The molecule has 1 N–H and O–H groups in total. The largest absolute Gasteiger partial charge is 0.493 e. The minimum atomic E-state index is -3.64. The first-order valence-corrected chi connectivity index (χ1v) is 12.4. The van der Waals surface area contributed by atoms with Crippen LogP contribution in [0.3, 0.4) is 0 Å². The van der Waals surface area contributed by atoms with Crippen molar-refractivity contribution in [1.29, 1.82) is 5.26 Å². The molecule has 1 aromatic heterocycles. The number of benzene rings is 2. The van der Waals surface area contributed by atoms with Crippen LogP contribution in [0.5, 0.6) is 11.5 Å². The second-order valence-electron chi connectivity index (χ2n) is 6.69. The lowest BCUT2D eigenvalue weighted by molar-refractivity contribution is -0.112. The van der Waals surface area contributed by atoms with Crippen LogP contribution < -0.4 is 14.8 Å². The molecular formula is C21H16ClFN4O5S2. The molecule has 3 aromatic rings. The summed E-state index contributed by atoms with van der Waals surface area (Å²) < 4.78 is 51.4. The van der Waals surface area contributed by atoms with E-state index in [1.807, 2.05) is 0 Å². The Morgan fingerprint density at radius 1 is 1.35 bits per heavy atom. The lowest BCUT2D eigenvalue weighted by Gasteiger charge is -2.14. The topological polar surface area (TPSA) is 131 Å². The van der Waals surface area contributed by atoms with Gasteiger partial charge in [-0.3, -0.25) is 10.1 Å². The number of amides is 1. The van der Waals surface area contributed by atoms with Gasteiger partial charge in [0, 0.05) is 23.4 Å². The number of carbonyl (C=O) groups is 1. The highest BCUT2D eigenvalue weighted by atomic mass is 35.5. The Labute approximate surface area is 203 Å². The molecule has 1 heterocycles. The van der Waals surface area contributed by atoms with Gasteiger partial charge in [-0.25, -0.2) is 12.8 Å². The molecule has 34 heavy (non-hydrogen) atoms. The van der Waals surface area contributed by atoms with E-state index in [1.54, 1.807) is 24.3 Å². The zero-order valence-corrected chi connectivity index (χ0v) is 20.1. The summed E-state index contributed by atoms with van der Waals surface area (Å²) in [5.74, 6) is -0.890. The van der Waals surface area contributed by atoms with Crippen LogP contribution in [0.1, 0.15) is 11.1 Å². The summed E-state index contributed by atoms with van der Waals surface area (Å²) in [5.41, 5.74) is 0.360. The summed E-state index contributed by atoms with van der Waals surface area (Å²) in [6.07, 6.45) is 2.19. The summed E-state index contributed by atoms with van der Waals surface area (Å²) in [7, 11) is -2.26. The van der Waals surface area contributed by atoms with Gasteiger partial charge in [0.1, 0.15) is 24.1 Å². The number of rotatable bonds is 8. The van der Waals surface area contributed by atoms with Crippen LogP contribution in [0.15, 0.2) is 47.1 Å². The number of carbonyl (C=O) groups excluding carboxylic acids is 1. The predicted octanol–water partition coefficient (Wildman–Crippen LogP) is 3.87. The molecule has 0 radical (unpaired) electrons. The average molecular weight is 523 g/mol. The monoisotopic (exact) mass is 522 g/mol. The van der Waals surface area contributed by atoms with E-state index in [1.165, 1.54) is 31.4 Å². The molecule has 0 spiro atoms. The van der Waals surface area contributed by atoms with Crippen molar-refractivity contribution in [3.8, 4) is 17.6 Å². The lowest BCUT2D eigenvalue weighted by atomic mass is 10.1. The quantitative estimate of drug-likeness (QED) is 0.348. The Kier molecular flexibility index (Phi) is 7.83. The third kappa shape index (κ3) is 6.07. The van der Waals surface area contributed by atoms with Gasteiger partial charge < -0.3 is 9.47 Å². The van der Waals surface area contributed by atoms with Gasteiger partial charge in [0.15, 0.2) is 11.5 Å². The van der Waals surface area contributed by atoms with Gasteiger partial charge in [0.05, 0.1) is 12.1 Å². The average Bonchev–Trinajstić information content (AvgIpc) is 3.26. The Bertz CT molecular complexity index is 1420. The number of nitriles is 1. The molecule has 9 nitrogen and oxygen atoms in total. The van der Waals surface area contributed by atoms with Crippen LogP contribution in [0.4, 0.5) is 9.52 Å². The first kappa shape index (κ1) is 25.1. The van der Waals surface area contributed by atoms with Crippen molar-refractivity contribution in [2.75, 3.05) is 18.7 Å². The summed E-state index contributed by atoms with van der Waals surface area (Å²) in [6, 6.07) is 10.8. The Morgan fingerprint density at radius 3 is 2.71 bits per heavy atom. The number of halogens is 2. The normalized spacial score (nSPS) is 11.6. The molecule has 0 bridgehead atoms. The van der Waals surface area contributed by atoms with E-state index in [9.17, 15) is 22.9 Å². The van der Waals surface area contributed by atoms with Gasteiger partial charge in [-0.2, -0.15) is 14.6 Å². The number of hydrogen-bond acceptors (Lipinski definition) is 9. The first-order chi connectivity index (χ1) is 16.1. The molecule has 0 fully saturated rings. The summed E-state index contributed by atoms with van der Waals surface area (Å²) in [4.78, 5) is 16.2. The Morgan fingerprint density at radius 2 is 2.09 bits per heavy atom. The smallest absolute Gasteiger partial charge is 0.268 e. The highest BCUT2D eigenvalue weighted by Crippen LogP contribution is 2.37. The molecule has 0 aliphatic carbocycles. The van der Waals surface area contributed by atoms with Gasteiger partial charge in [-0.15, -0.1) is 0 Å². The minimum Gasteiger partial charge on any atom is -0.493 e. The molecule has 2 aromatic carbocycles. The maximum atomic E-state index is 13.9. The summed E-state index contributed by atoms with van der Waals surface area (Å²) in [5, 5.41) is 11.4. The Hall–Kier alpha value is -3.53. The SMILES string of the molecule is COc1cc(C=C(C#N)C(=O)Nc2nc(S(C)(=O)=O)ns2)cc(Cl)c1OCc1ccccc1F. The molecule has 3 rings (SSSR count). The van der Waals surface area contributed by atoms with Crippen molar-refractivity contribution in [3.05, 3.63) is 63.9 Å². The van der Waals surface area contributed by atoms with E-state index >= 15 is 0 Å². The van der Waals surface area contributed by atoms with E-state index in [0.717, 1.165) is 6.26 Å². The fourth-order valence-electron chi connectivity index (χ4n) is 2.62. The van der Waals surface area contributed by atoms with Gasteiger partial charge in [-0.1, -0.05) is 29.8 Å². The molecular weight excluding hydrogens is 507 g/mol. The van der Waals surface area contributed by atoms with Crippen molar-refractivity contribution >= 4 is 50.1 Å². The maximum Gasteiger partial charge on any atom is 0.268 e. The minimum absolute atomic E-state index is 0.0842. The fourth-order valence-corrected chi connectivity index (χ4v) is 4.33. The van der Waals surface area contributed by atoms with Gasteiger partial charge in [0.25, 0.3) is 11.1 Å². The number of anilines is 1. The van der Waals surface area contributed by atoms with Crippen LogP contribution >= 0.6 is 23.1 Å². The van der Waals surface area contributed by atoms with E-state index in [0.29, 0.717) is 22.7 Å². The third-order valence-electron chi connectivity index (χ3n) is 4.22. The number of sulfone groups is 1. The molecule has 0 unspecified atom stereocenters.